The van der Waals surface area contributed by atoms with E-state index < -0.39 is 0 Å². The minimum absolute atomic E-state index is 0.408. The lowest BCUT2D eigenvalue weighted by Gasteiger charge is -2.40. The van der Waals surface area contributed by atoms with Gasteiger partial charge in [-0.3, -0.25) is 0 Å². The number of nitrogens with one attached hydrogen (secondary N) is 1. The van der Waals surface area contributed by atoms with Crippen LogP contribution in [0.4, 0.5) is 0 Å². The SMILES string of the molecule is CC(NC1CSCCC1(C)C)c1cccc(Br)c1. The van der Waals surface area contributed by atoms with E-state index in [1.807, 2.05) is 0 Å². The lowest BCUT2D eigenvalue weighted by Crippen LogP contribution is -2.47. The third kappa shape index (κ3) is 3.52. The molecule has 0 amide bonds. The largest absolute Gasteiger partial charge is 0.306 e. The van der Waals surface area contributed by atoms with E-state index >= 15 is 0 Å². The number of rotatable bonds is 3. The normalized spacial score (nSPS) is 24.8. The average Bonchev–Trinajstić information content (AvgIpc) is 2.31. The maximum atomic E-state index is 3.81. The van der Waals surface area contributed by atoms with Crippen LogP contribution in [0.1, 0.15) is 38.8 Å². The Kier molecular flexibility index (Phi) is 4.79. The molecule has 0 aliphatic carbocycles. The summed E-state index contributed by atoms with van der Waals surface area (Å²) in [7, 11) is 0. The van der Waals surface area contributed by atoms with E-state index in [9.17, 15) is 0 Å². The van der Waals surface area contributed by atoms with Crippen molar-refractivity contribution in [3.05, 3.63) is 34.3 Å². The first kappa shape index (κ1) is 14.4. The van der Waals surface area contributed by atoms with Crippen molar-refractivity contribution < 1.29 is 0 Å². The molecule has 2 unspecified atom stereocenters. The third-order valence-corrected chi connectivity index (χ3v) is 5.47. The molecule has 1 aliphatic heterocycles. The Labute approximate surface area is 123 Å². The first-order valence-corrected chi connectivity index (χ1v) is 8.53. The molecule has 0 spiro atoms. The molecule has 0 aromatic heterocycles. The van der Waals surface area contributed by atoms with Gasteiger partial charge in [0.2, 0.25) is 0 Å². The Morgan fingerprint density at radius 1 is 1.44 bits per heavy atom. The van der Waals surface area contributed by atoms with Gasteiger partial charge in [-0.15, -0.1) is 0 Å². The Bertz CT molecular complexity index is 405. The van der Waals surface area contributed by atoms with Crippen LogP contribution >= 0.6 is 27.7 Å². The van der Waals surface area contributed by atoms with Gasteiger partial charge >= 0.3 is 0 Å². The summed E-state index contributed by atoms with van der Waals surface area (Å²) in [6, 6.07) is 9.61. The summed E-state index contributed by atoms with van der Waals surface area (Å²) in [6.07, 6.45) is 1.31. The van der Waals surface area contributed by atoms with Gasteiger partial charge in [0.15, 0.2) is 0 Å². The minimum atomic E-state index is 0.408. The Balaban J connectivity index is 2.04. The Hall–Kier alpha value is 0.01000. The number of hydrogen-bond donors (Lipinski definition) is 1. The Morgan fingerprint density at radius 3 is 2.89 bits per heavy atom. The molecule has 1 aliphatic rings. The van der Waals surface area contributed by atoms with Crippen LogP contribution in [0.15, 0.2) is 28.7 Å². The summed E-state index contributed by atoms with van der Waals surface area (Å²) < 4.78 is 1.16. The van der Waals surface area contributed by atoms with Gasteiger partial charge in [-0.25, -0.2) is 0 Å². The van der Waals surface area contributed by atoms with Gasteiger partial charge in [0, 0.05) is 22.3 Å². The molecule has 0 bridgehead atoms. The maximum Gasteiger partial charge on any atom is 0.0295 e. The van der Waals surface area contributed by atoms with Crippen molar-refractivity contribution in [1.82, 2.24) is 5.32 Å². The van der Waals surface area contributed by atoms with Gasteiger partial charge in [-0.1, -0.05) is 41.9 Å². The number of hydrogen-bond acceptors (Lipinski definition) is 2. The molecule has 100 valence electrons. The van der Waals surface area contributed by atoms with E-state index in [2.05, 4.69) is 78.0 Å². The van der Waals surface area contributed by atoms with Crippen LogP contribution in [0.25, 0.3) is 0 Å². The standard InChI is InChI=1S/C15H22BrNS/c1-11(12-5-4-6-13(16)9-12)17-14-10-18-8-7-15(14,2)3/h4-6,9,11,14,17H,7-8,10H2,1-3H3. The highest BCUT2D eigenvalue weighted by molar-refractivity contribution is 9.10. The minimum Gasteiger partial charge on any atom is -0.306 e. The summed E-state index contributed by atoms with van der Waals surface area (Å²) >= 11 is 5.62. The molecular formula is C15H22BrNS. The third-order valence-electron chi connectivity index (χ3n) is 3.92. The number of halogens is 1. The summed E-state index contributed by atoms with van der Waals surface area (Å²) in [4.78, 5) is 0. The zero-order chi connectivity index (χ0) is 13.2. The van der Waals surface area contributed by atoms with E-state index in [0.717, 1.165) is 4.47 Å². The topological polar surface area (TPSA) is 12.0 Å². The molecule has 1 nitrogen and oxygen atoms in total. The second-order valence-corrected chi connectivity index (χ2v) is 7.87. The van der Waals surface area contributed by atoms with E-state index in [0.29, 0.717) is 17.5 Å². The van der Waals surface area contributed by atoms with Crippen molar-refractivity contribution in [1.29, 1.82) is 0 Å². The molecule has 0 radical (unpaired) electrons. The fraction of sp³-hybridized carbons (Fsp3) is 0.600. The van der Waals surface area contributed by atoms with Crippen LogP contribution in [-0.4, -0.2) is 17.5 Å². The second-order valence-electron chi connectivity index (χ2n) is 5.81. The lowest BCUT2D eigenvalue weighted by molar-refractivity contribution is 0.232. The molecule has 1 aromatic rings. The highest BCUT2D eigenvalue weighted by Gasteiger charge is 2.33. The average molecular weight is 328 g/mol. The first-order valence-electron chi connectivity index (χ1n) is 6.58. The van der Waals surface area contributed by atoms with Crippen molar-refractivity contribution in [2.24, 2.45) is 5.41 Å². The van der Waals surface area contributed by atoms with Crippen LogP contribution < -0.4 is 5.32 Å². The van der Waals surface area contributed by atoms with Crippen molar-refractivity contribution in [3.8, 4) is 0 Å². The van der Waals surface area contributed by atoms with Crippen LogP contribution in [0, 0.1) is 5.41 Å². The second kappa shape index (κ2) is 5.98. The predicted molar refractivity (Wildman–Crippen MR) is 85.2 cm³/mol. The molecule has 1 aromatic carbocycles. The van der Waals surface area contributed by atoms with Crippen molar-refractivity contribution in [2.75, 3.05) is 11.5 Å². The predicted octanol–water partition coefficient (Wildman–Crippen LogP) is 4.63. The van der Waals surface area contributed by atoms with Gasteiger partial charge in [-0.05, 0) is 42.2 Å². The van der Waals surface area contributed by atoms with E-state index in [1.54, 1.807) is 0 Å². The van der Waals surface area contributed by atoms with Crippen molar-refractivity contribution in [3.63, 3.8) is 0 Å². The van der Waals surface area contributed by atoms with E-state index in [-0.39, 0.29) is 0 Å². The van der Waals surface area contributed by atoms with Gasteiger partial charge in [0.05, 0.1) is 0 Å². The Morgan fingerprint density at radius 2 is 2.22 bits per heavy atom. The van der Waals surface area contributed by atoms with Crippen LogP contribution in [0.5, 0.6) is 0 Å². The molecule has 2 atom stereocenters. The molecule has 2 rings (SSSR count). The molecule has 3 heteroatoms. The van der Waals surface area contributed by atoms with Gasteiger partial charge in [0.25, 0.3) is 0 Å². The molecule has 1 saturated heterocycles. The molecule has 0 saturated carbocycles. The van der Waals surface area contributed by atoms with Gasteiger partial charge < -0.3 is 5.32 Å². The summed E-state index contributed by atoms with van der Waals surface area (Å²) in [5.41, 5.74) is 1.77. The molecule has 1 fully saturated rings. The molecule has 1 heterocycles. The zero-order valence-electron chi connectivity index (χ0n) is 11.4. The van der Waals surface area contributed by atoms with Crippen LogP contribution in [0.2, 0.25) is 0 Å². The maximum absolute atomic E-state index is 3.81. The van der Waals surface area contributed by atoms with Crippen molar-refractivity contribution in [2.45, 2.75) is 39.3 Å². The number of thioether (sulfide) groups is 1. The highest BCUT2D eigenvalue weighted by Crippen LogP contribution is 2.35. The van der Waals surface area contributed by atoms with Gasteiger partial charge in [0.1, 0.15) is 0 Å². The smallest absolute Gasteiger partial charge is 0.0295 e. The van der Waals surface area contributed by atoms with E-state index in [4.69, 9.17) is 0 Å². The van der Waals surface area contributed by atoms with Gasteiger partial charge in [-0.2, -0.15) is 11.8 Å². The fourth-order valence-corrected chi connectivity index (χ4v) is 4.42. The quantitative estimate of drug-likeness (QED) is 0.868. The number of benzene rings is 1. The fourth-order valence-electron chi connectivity index (χ4n) is 2.38. The lowest BCUT2D eigenvalue weighted by atomic mass is 9.81. The van der Waals surface area contributed by atoms with Crippen molar-refractivity contribution >= 4 is 27.7 Å². The summed E-state index contributed by atoms with van der Waals surface area (Å²) in [5.74, 6) is 2.53. The molecule has 18 heavy (non-hydrogen) atoms. The first-order chi connectivity index (χ1) is 8.49. The van der Waals surface area contributed by atoms with E-state index in [1.165, 1.54) is 23.5 Å². The van der Waals surface area contributed by atoms with Crippen LogP contribution in [0.3, 0.4) is 0 Å². The molecular weight excluding hydrogens is 306 g/mol. The van der Waals surface area contributed by atoms with Crippen LogP contribution in [-0.2, 0) is 0 Å². The zero-order valence-corrected chi connectivity index (χ0v) is 13.8. The summed E-state index contributed by atoms with van der Waals surface area (Å²) in [5, 5.41) is 3.81. The highest BCUT2D eigenvalue weighted by atomic mass is 79.9. The summed E-state index contributed by atoms with van der Waals surface area (Å²) in [6.45, 7) is 7.03. The molecule has 1 N–H and O–H groups in total. The monoisotopic (exact) mass is 327 g/mol.